The summed E-state index contributed by atoms with van der Waals surface area (Å²) in [7, 11) is 0. The molecule has 0 aliphatic heterocycles. The number of carbonyl (C=O) groups is 1. The molecule has 5 nitrogen and oxygen atoms in total. The van der Waals surface area contributed by atoms with Crippen LogP contribution in [0.25, 0.3) is 0 Å². The van der Waals surface area contributed by atoms with Gasteiger partial charge in [-0.3, -0.25) is 9.48 Å². The number of benzene rings is 1. The first kappa shape index (κ1) is 13.1. The van der Waals surface area contributed by atoms with E-state index in [1.807, 2.05) is 26.1 Å². The van der Waals surface area contributed by atoms with Crippen LogP contribution in [0.2, 0.25) is 0 Å². The van der Waals surface area contributed by atoms with Gasteiger partial charge >= 0.3 is 0 Å². The third-order valence-corrected chi connectivity index (χ3v) is 2.79. The molecule has 19 heavy (non-hydrogen) atoms. The highest BCUT2D eigenvalue weighted by Crippen LogP contribution is 2.18. The van der Waals surface area contributed by atoms with Crippen LogP contribution in [-0.4, -0.2) is 26.8 Å². The second kappa shape index (κ2) is 5.56. The molecule has 0 fully saturated rings. The normalized spacial score (nSPS) is 12.1. The minimum Gasteiger partial charge on any atom is -0.507 e. The van der Waals surface area contributed by atoms with E-state index in [9.17, 15) is 9.90 Å². The number of aryl methyl sites for hydroxylation is 1. The van der Waals surface area contributed by atoms with Crippen molar-refractivity contribution in [2.45, 2.75) is 26.4 Å². The molecule has 0 saturated carbocycles. The predicted octanol–water partition coefficient (Wildman–Crippen LogP) is 1.72. The molecule has 2 aromatic rings. The monoisotopic (exact) mass is 259 g/mol. The Morgan fingerprint density at radius 1 is 1.53 bits per heavy atom. The summed E-state index contributed by atoms with van der Waals surface area (Å²) in [6, 6.07) is 6.72. The molecule has 0 spiro atoms. The first-order valence-corrected chi connectivity index (χ1v) is 6.14. The third kappa shape index (κ3) is 3.34. The van der Waals surface area contributed by atoms with Gasteiger partial charge in [-0.25, -0.2) is 0 Å². The Labute approximate surface area is 111 Å². The van der Waals surface area contributed by atoms with Gasteiger partial charge in [0.25, 0.3) is 5.91 Å². The van der Waals surface area contributed by atoms with Crippen LogP contribution in [0.3, 0.4) is 0 Å². The number of phenols is 1. The molecule has 1 heterocycles. The van der Waals surface area contributed by atoms with E-state index in [1.165, 1.54) is 6.07 Å². The van der Waals surface area contributed by atoms with Crippen molar-refractivity contribution in [3.05, 3.63) is 47.8 Å². The van der Waals surface area contributed by atoms with Gasteiger partial charge in [0.15, 0.2) is 0 Å². The first-order chi connectivity index (χ1) is 9.06. The van der Waals surface area contributed by atoms with E-state index < -0.39 is 0 Å². The molecule has 0 bridgehead atoms. The van der Waals surface area contributed by atoms with Crippen LogP contribution in [0.5, 0.6) is 5.75 Å². The van der Waals surface area contributed by atoms with Crippen molar-refractivity contribution in [1.29, 1.82) is 0 Å². The summed E-state index contributed by atoms with van der Waals surface area (Å²) in [6.07, 6.45) is 3.54. The van der Waals surface area contributed by atoms with Crippen molar-refractivity contribution in [3.8, 4) is 5.75 Å². The van der Waals surface area contributed by atoms with E-state index in [-0.39, 0.29) is 17.7 Å². The summed E-state index contributed by atoms with van der Waals surface area (Å²) >= 11 is 0. The van der Waals surface area contributed by atoms with Crippen molar-refractivity contribution < 1.29 is 9.90 Å². The van der Waals surface area contributed by atoms with Crippen LogP contribution in [0.1, 0.15) is 22.8 Å². The zero-order chi connectivity index (χ0) is 13.8. The number of hydrogen-bond donors (Lipinski definition) is 2. The molecular formula is C14H17N3O2. The number of carbonyl (C=O) groups excluding carboxylic acids is 1. The Hall–Kier alpha value is -2.30. The molecule has 1 atom stereocenters. The lowest BCUT2D eigenvalue weighted by Crippen LogP contribution is -2.35. The molecule has 0 aliphatic carbocycles. The van der Waals surface area contributed by atoms with Crippen LogP contribution in [0, 0.1) is 6.92 Å². The van der Waals surface area contributed by atoms with Crippen LogP contribution < -0.4 is 5.32 Å². The largest absolute Gasteiger partial charge is 0.507 e. The summed E-state index contributed by atoms with van der Waals surface area (Å²) in [5.41, 5.74) is 1.23. The van der Waals surface area contributed by atoms with Crippen molar-refractivity contribution >= 4 is 5.91 Å². The number of aromatic nitrogens is 2. The summed E-state index contributed by atoms with van der Waals surface area (Å²) in [6.45, 7) is 4.36. The van der Waals surface area contributed by atoms with Gasteiger partial charge in [-0.2, -0.15) is 5.10 Å². The van der Waals surface area contributed by atoms with Gasteiger partial charge < -0.3 is 10.4 Å². The van der Waals surface area contributed by atoms with Gasteiger partial charge in [0.1, 0.15) is 5.75 Å². The number of hydrogen-bond acceptors (Lipinski definition) is 3. The molecule has 0 saturated heterocycles. The highest BCUT2D eigenvalue weighted by molar-refractivity contribution is 5.97. The van der Waals surface area contributed by atoms with Crippen LogP contribution in [-0.2, 0) is 6.54 Å². The Kier molecular flexibility index (Phi) is 3.85. The highest BCUT2D eigenvalue weighted by atomic mass is 16.3. The summed E-state index contributed by atoms with van der Waals surface area (Å²) in [5, 5.41) is 16.6. The van der Waals surface area contributed by atoms with Gasteiger partial charge in [0, 0.05) is 18.4 Å². The average Bonchev–Trinajstić information content (AvgIpc) is 2.84. The standard InChI is InChI=1S/C14H17N3O2/c1-10-4-5-13(18)12(8-10)14(19)16-11(2)9-17-7-3-6-15-17/h3-8,11,18H,9H2,1-2H3,(H,16,19). The Morgan fingerprint density at radius 2 is 2.32 bits per heavy atom. The molecule has 1 unspecified atom stereocenters. The van der Waals surface area contributed by atoms with Gasteiger partial charge in [-0.1, -0.05) is 11.6 Å². The van der Waals surface area contributed by atoms with E-state index in [0.29, 0.717) is 12.1 Å². The average molecular weight is 259 g/mol. The number of amides is 1. The van der Waals surface area contributed by atoms with E-state index >= 15 is 0 Å². The van der Waals surface area contributed by atoms with E-state index in [2.05, 4.69) is 10.4 Å². The van der Waals surface area contributed by atoms with Crippen molar-refractivity contribution in [1.82, 2.24) is 15.1 Å². The lowest BCUT2D eigenvalue weighted by molar-refractivity contribution is 0.0933. The Morgan fingerprint density at radius 3 is 3.00 bits per heavy atom. The maximum absolute atomic E-state index is 12.1. The molecule has 2 rings (SSSR count). The maximum atomic E-state index is 12.1. The van der Waals surface area contributed by atoms with E-state index in [4.69, 9.17) is 0 Å². The summed E-state index contributed by atoms with van der Waals surface area (Å²) in [4.78, 5) is 12.1. The molecule has 100 valence electrons. The number of nitrogens with one attached hydrogen (secondary N) is 1. The zero-order valence-electron chi connectivity index (χ0n) is 11.0. The van der Waals surface area contributed by atoms with Gasteiger partial charge in [0.2, 0.25) is 0 Å². The van der Waals surface area contributed by atoms with Crippen molar-refractivity contribution in [3.63, 3.8) is 0 Å². The number of rotatable bonds is 4. The third-order valence-electron chi connectivity index (χ3n) is 2.79. The van der Waals surface area contributed by atoms with Crippen molar-refractivity contribution in [2.24, 2.45) is 0 Å². The fourth-order valence-electron chi connectivity index (χ4n) is 1.87. The second-order valence-electron chi connectivity index (χ2n) is 4.62. The molecule has 1 amide bonds. The van der Waals surface area contributed by atoms with Crippen molar-refractivity contribution in [2.75, 3.05) is 0 Å². The SMILES string of the molecule is Cc1ccc(O)c(C(=O)NC(C)Cn2cccn2)c1. The Bertz CT molecular complexity index is 564. The fourth-order valence-corrected chi connectivity index (χ4v) is 1.87. The van der Waals surface area contributed by atoms with Gasteiger partial charge in [-0.05, 0) is 32.0 Å². The smallest absolute Gasteiger partial charge is 0.255 e. The predicted molar refractivity (Wildman–Crippen MR) is 72.0 cm³/mol. The lowest BCUT2D eigenvalue weighted by Gasteiger charge is -2.14. The zero-order valence-corrected chi connectivity index (χ0v) is 11.0. The minimum absolute atomic E-state index is 0.00520. The molecule has 0 radical (unpaired) electrons. The lowest BCUT2D eigenvalue weighted by atomic mass is 10.1. The summed E-state index contributed by atoms with van der Waals surface area (Å²) < 4.78 is 1.75. The minimum atomic E-state index is -0.277. The van der Waals surface area contributed by atoms with Gasteiger partial charge in [-0.15, -0.1) is 0 Å². The quantitative estimate of drug-likeness (QED) is 0.878. The maximum Gasteiger partial charge on any atom is 0.255 e. The molecule has 2 N–H and O–H groups in total. The van der Waals surface area contributed by atoms with E-state index in [0.717, 1.165) is 5.56 Å². The number of nitrogens with zero attached hydrogens (tertiary/aromatic N) is 2. The molecule has 0 aliphatic rings. The molecule has 5 heteroatoms. The van der Waals surface area contributed by atoms with E-state index in [1.54, 1.807) is 23.0 Å². The summed E-state index contributed by atoms with van der Waals surface area (Å²) in [5.74, 6) is -0.282. The highest BCUT2D eigenvalue weighted by Gasteiger charge is 2.14. The molecular weight excluding hydrogens is 242 g/mol. The number of phenolic OH excluding ortho intramolecular Hbond substituents is 1. The second-order valence-corrected chi connectivity index (χ2v) is 4.62. The topological polar surface area (TPSA) is 67.2 Å². The van der Waals surface area contributed by atoms with Crippen LogP contribution in [0.15, 0.2) is 36.7 Å². The molecule has 1 aromatic heterocycles. The van der Waals surface area contributed by atoms with Gasteiger partial charge in [0.05, 0.1) is 12.1 Å². The molecule has 1 aromatic carbocycles. The van der Waals surface area contributed by atoms with Crippen LogP contribution in [0.4, 0.5) is 0 Å². The fraction of sp³-hybridized carbons (Fsp3) is 0.286. The Balaban J connectivity index is 2.02. The number of aromatic hydroxyl groups is 1. The first-order valence-electron chi connectivity index (χ1n) is 6.14. The van der Waals surface area contributed by atoms with Crippen LogP contribution >= 0.6 is 0 Å².